The van der Waals surface area contributed by atoms with E-state index in [2.05, 4.69) is 0 Å². The van der Waals surface area contributed by atoms with E-state index in [4.69, 9.17) is 0 Å². The number of rotatable bonds is 1. The maximum atomic E-state index is 10.5. The van der Waals surface area contributed by atoms with Gasteiger partial charge >= 0.3 is 0 Å². The number of thioether (sulfide) groups is 1. The highest BCUT2D eigenvalue weighted by Gasteiger charge is 1.89. The summed E-state index contributed by atoms with van der Waals surface area (Å²) in [4.78, 5) is 1.13. The van der Waals surface area contributed by atoms with Gasteiger partial charge in [0, 0.05) is 4.90 Å². The monoisotopic (exact) mass is 139 g/mol. The van der Waals surface area contributed by atoms with Crippen LogP contribution in [0.25, 0.3) is 0 Å². The average Bonchev–Trinajstić information content (AvgIpc) is 1.90. The largest absolute Gasteiger partial charge is 0.290 e. The molecule has 0 saturated carbocycles. The molecule has 1 radical (unpaired) electrons. The van der Waals surface area contributed by atoms with Crippen molar-refractivity contribution >= 4 is 11.8 Å². The fourth-order valence-electron chi connectivity index (χ4n) is 0.576. The van der Waals surface area contributed by atoms with E-state index in [0.717, 1.165) is 4.90 Å². The van der Waals surface area contributed by atoms with Crippen LogP contribution >= 0.6 is 11.8 Å². The molecule has 0 aliphatic heterocycles. The highest BCUT2D eigenvalue weighted by molar-refractivity contribution is 7.98. The van der Waals surface area contributed by atoms with Gasteiger partial charge in [0.2, 0.25) is 0 Å². The van der Waals surface area contributed by atoms with Gasteiger partial charge in [-0.1, -0.05) is 0 Å². The maximum absolute atomic E-state index is 10.5. The number of hydrogen-bond donors (Lipinski definition) is 0. The van der Waals surface area contributed by atoms with Crippen molar-refractivity contribution in [2.24, 2.45) is 0 Å². The van der Waals surface area contributed by atoms with Crippen LogP contribution in [-0.4, -0.2) is 6.26 Å². The Morgan fingerprint density at radius 1 is 1.22 bits per heavy atom. The Kier molecular flexibility index (Phi) is 2.01. The van der Waals surface area contributed by atoms with Gasteiger partial charge in [-0.05, 0) is 30.5 Å². The molecule has 47 valence electrons. The van der Waals surface area contributed by atoms with Crippen molar-refractivity contribution < 1.29 is 5.11 Å². The Balaban J connectivity index is 2.88. The van der Waals surface area contributed by atoms with E-state index in [1.165, 1.54) is 0 Å². The molecule has 1 rings (SSSR count). The molecule has 1 aromatic carbocycles. The predicted molar refractivity (Wildman–Crippen MR) is 38.4 cm³/mol. The quantitative estimate of drug-likeness (QED) is 0.547. The lowest BCUT2D eigenvalue weighted by atomic mass is 10.3. The molecule has 1 aromatic rings. The van der Waals surface area contributed by atoms with E-state index >= 15 is 0 Å². The first-order valence-electron chi connectivity index (χ1n) is 2.64. The Morgan fingerprint density at radius 3 is 2.22 bits per heavy atom. The minimum absolute atomic E-state index is 0.0767. The SMILES string of the molecule is CSc1ccc([O])cc1. The normalized spacial score (nSPS) is 9.44. The predicted octanol–water partition coefficient (Wildman–Crippen LogP) is 2.55. The lowest BCUT2D eigenvalue weighted by Gasteiger charge is -1.91. The van der Waals surface area contributed by atoms with Crippen LogP contribution < -0.4 is 0 Å². The molecule has 0 aliphatic rings. The Hall–Kier alpha value is -0.630. The number of benzene rings is 1. The topological polar surface area (TPSA) is 19.9 Å². The summed E-state index contributed by atoms with van der Waals surface area (Å²) < 4.78 is 0. The van der Waals surface area contributed by atoms with Crippen molar-refractivity contribution in [3.63, 3.8) is 0 Å². The molecule has 2 heteroatoms. The average molecular weight is 139 g/mol. The van der Waals surface area contributed by atoms with Crippen molar-refractivity contribution in [3.8, 4) is 5.75 Å². The highest BCUT2D eigenvalue weighted by Crippen LogP contribution is 2.17. The fourth-order valence-corrected chi connectivity index (χ4v) is 0.984. The van der Waals surface area contributed by atoms with Gasteiger partial charge in [0.15, 0.2) is 5.75 Å². The molecule has 0 N–H and O–H groups in total. The maximum Gasteiger partial charge on any atom is 0.178 e. The summed E-state index contributed by atoms with van der Waals surface area (Å²) in [5.41, 5.74) is 0. The summed E-state index contributed by atoms with van der Waals surface area (Å²) in [6, 6.07) is 6.80. The van der Waals surface area contributed by atoms with Crippen LogP contribution in [0.4, 0.5) is 0 Å². The Bertz CT molecular complexity index is 181. The molecule has 0 unspecified atom stereocenters. The summed E-state index contributed by atoms with van der Waals surface area (Å²) in [6.45, 7) is 0. The van der Waals surface area contributed by atoms with E-state index in [0.29, 0.717) is 0 Å². The molecule has 0 saturated heterocycles. The van der Waals surface area contributed by atoms with Crippen LogP contribution in [0.3, 0.4) is 0 Å². The summed E-state index contributed by atoms with van der Waals surface area (Å²) in [6.07, 6.45) is 1.99. The zero-order valence-corrected chi connectivity index (χ0v) is 5.94. The van der Waals surface area contributed by atoms with Gasteiger partial charge in [-0.15, -0.1) is 11.8 Å². The van der Waals surface area contributed by atoms with Crippen molar-refractivity contribution in [2.75, 3.05) is 6.26 Å². The summed E-state index contributed by atoms with van der Waals surface area (Å²) in [5, 5.41) is 10.5. The van der Waals surface area contributed by atoms with Crippen molar-refractivity contribution in [1.82, 2.24) is 0 Å². The molecule has 0 fully saturated rings. The molecule has 0 spiro atoms. The highest BCUT2D eigenvalue weighted by atomic mass is 32.2. The lowest BCUT2D eigenvalue weighted by molar-refractivity contribution is 0.354. The van der Waals surface area contributed by atoms with Gasteiger partial charge < -0.3 is 0 Å². The van der Waals surface area contributed by atoms with Crippen molar-refractivity contribution in [2.45, 2.75) is 4.90 Å². The molecule has 0 bridgehead atoms. The molecule has 1 nitrogen and oxygen atoms in total. The van der Waals surface area contributed by atoms with Gasteiger partial charge in [0.1, 0.15) is 0 Å². The fraction of sp³-hybridized carbons (Fsp3) is 0.143. The number of hydrogen-bond acceptors (Lipinski definition) is 1. The van der Waals surface area contributed by atoms with E-state index in [9.17, 15) is 5.11 Å². The van der Waals surface area contributed by atoms with Crippen LogP contribution in [0.15, 0.2) is 29.2 Å². The zero-order valence-electron chi connectivity index (χ0n) is 5.13. The molecule has 0 aromatic heterocycles. The third kappa shape index (κ3) is 1.64. The smallest absolute Gasteiger partial charge is 0.178 e. The first-order valence-corrected chi connectivity index (χ1v) is 3.86. The van der Waals surface area contributed by atoms with Crippen molar-refractivity contribution in [3.05, 3.63) is 24.3 Å². The third-order valence-electron chi connectivity index (χ3n) is 1.06. The minimum atomic E-state index is 0.0767. The Morgan fingerprint density at radius 2 is 1.78 bits per heavy atom. The summed E-state index contributed by atoms with van der Waals surface area (Å²) in [5.74, 6) is 0.0767. The first-order chi connectivity index (χ1) is 4.33. The van der Waals surface area contributed by atoms with Crippen LogP contribution in [0, 0.1) is 0 Å². The zero-order chi connectivity index (χ0) is 6.69. The Labute approximate surface area is 58.7 Å². The first kappa shape index (κ1) is 6.49. The molecule has 0 amide bonds. The van der Waals surface area contributed by atoms with Crippen LogP contribution in [0.1, 0.15) is 0 Å². The van der Waals surface area contributed by atoms with Crippen LogP contribution in [0.2, 0.25) is 0 Å². The second-order valence-corrected chi connectivity index (χ2v) is 2.56. The molecule has 9 heavy (non-hydrogen) atoms. The van der Waals surface area contributed by atoms with Crippen molar-refractivity contribution in [1.29, 1.82) is 0 Å². The molecular formula is C7H7OS. The van der Waals surface area contributed by atoms with E-state index < -0.39 is 0 Å². The van der Waals surface area contributed by atoms with Gasteiger partial charge in [-0.25, -0.2) is 0 Å². The molecule has 0 atom stereocenters. The van der Waals surface area contributed by atoms with E-state index in [1.807, 2.05) is 18.4 Å². The lowest BCUT2D eigenvalue weighted by Crippen LogP contribution is -1.65. The van der Waals surface area contributed by atoms with Crippen LogP contribution in [0.5, 0.6) is 5.75 Å². The second-order valence-electron chi connectivity index (χ2n) is 1.68. The van der Waals surface area contributed by atoms with Gasteiger partial charge in [0.05, 0.1) is 0 Å². The molecule has 0 heterocycles. The summed E-state index contributed by atoms with van der Waals surface area (Å²) >= 11 is 1.64. The minimum Gasteiger partial charge on any atom is -0.290 e. The van der Waals surface area contributed by atoms with Gasteiger partial charge in [0.25, 0.3) is 0 Å². The van der Waals surface area contributed by atoms with Crippen LogP contribution in [-0.2, 0) is 5.11 Å². The molecular weight excluding hydrogens is 132 g/mol. The van der Waals surface area contributed by atoms with E-state index in [1.54, 1.807) is 23.9 Å². The van der Waals surface area contributed by atoms with E-state index in [-0.39, 0.29) is 5.75 Å². The standard InChI is InChI=1S/C7H7OS/c1-9-7-4-2-6(8)3-5-7/h2-5H,1H3. The van der Waals surface area contributed by atoms with Gasteiger partial charge in [-0.3, -0.25) is 5.11 Å². The molecule has 0 aliphatic carbocycles. The summed E-state index contributed by atoms with van der Waals surface area (Å²) in [7, 11) is 0. The van der Waals surface area contributed by atoms with Gasteiger partial charge in [-0.2, -0.15) is 0 Å². The third-order valence-corrected chi connectivity index (χ3v) is 1.80. The second kappa shape index (κ2) is 2.78.